The molecule has 1 N–H and O–H groups in total. The second-order valence-corrected chi connectivity index (χ2v) is 4.71. The molecule has 92 valence electrons. The largest absolute Gasteiger partial charge is 0.350 e. The van der Waals surface area contributed by atoms with Crippen LogP contribution in [0.2, 0.25) is 0 Å². The van der Waals surface area contributed by atoms with E-state index in [-0.39, 0.29) is 0 Å². The summed E-state index contributed by atoms with van der Waals surface area (Å²) in [6.45, 7) is 7.16. The molecule has 2 rings (SSSR count). The van der Waals surface area contributed by atoms with Crippen LogP contribution in [0.5, 0.6) is 0 Å². The van der Waals surface area contributed by atoms with Gasteiger partial charge in [-0.2, -0.15) is 0 Å². The van der Waals surface area contributed by atoms with Crippen LogP contribution < -0.4 is 5.32 Å². The Morgan fingerprint density at radius 1 is 1.35 bits per heavy atom. The zero-order valence-electron chi connectivity index (χ0n) is 10.4. The standard InChI is InChI=1S/C13H19N3S/c1-3-15-9-14-13(17)16(10-15)11(2)12-7-5-4-6-8-12/h4-8,11H,3,9-10H2,1-2H3,(H,14,17)/t11-/m1/s1. The van der Waals surface area contributed by atoms with E-state index in [1.807, 2.05) is 6.07 Å². The van der Waals surface area contributed by atoms with Gasteiger partial charge < -0.3 is 10.2 Å². The maximum atomic E-state index is 5.39. The summed E-state index contributed by atoms with van der Waals surface area (Å²) in [5, 5.41) is 4.12. The molecule has 0 radical (unpaired) electrons. The fourth-order valence-corrected chi connectivity index (χ4v) is 2.31. The summed E-state index contributed by atoms with van der Waals surface area (Å²) in [6.07, 6.45) is 0. The fraction of sp³-hybridized carbons (Fsp3) is 0.462. The van der Waals surface area contributed by atoms with Crippen LogP contribution in [0.4, 0.5) is 0 Å². The minimum absolute atomic E-state index is 0.311. The molecule has 1 fully saturated rings. The first kappa shape index (κ1) is 12.3. The Morgan fingerprint density at radius 2 is 2.06 bits per heavy atom. The molecule has 0 amide bonds. The molecule has 0 aliphatic carbocycles. The van der Waals surface area contributed by atoms with E-state index in [0.29, 0.717) is 6.04 Å². The third-order valence-corrected chi connectivity index (χ3v) is 3.64. The molecule has 1 aromatic rings. The van der Waals surface area contributed by atoms with Crippen molar-refractivity contribution in [2.45, 2.75) is 19.9 Å². The average Bonchev–Trinajstić information content (AvgIpc) is 2.39. The van der Waals surface area contributed by atoms with Crippen LogP contribution in [0.1, 0.15) is 25.5 Å². The normalized spacial score (nSPS) is 18.9. The third kappa shape index (κ3) is 2.76. The minimum Gasteiger partial charge on any atom is -0.350 e. The van der Waals surface area contributed by atoms with E-state index in [4.69, 9.17) is 12.2 Å². The minimum atomic E-state index is 0.311. The summed E-state index contributed by atoms with van der Waals surface area (Å²) in [7, 11) is 0. The molecule has 0 bridgehead atoms. The maximum absolute atomic E-state index is 5.39. The molecule has 1 aromatic carbocycles. The fourth-order valence-electron chi connectivity index (χ4n) is 2.03. The number of hydrogen-bond donors (Lipinski definition) is 1. The van der Waals surface area contributed by atoms with Crippen LogP contribution in [0, 0.1) is 0 Å². The van der Waals surface area contributed by atoms with Crippen molar-refractivity contribution < 1.29 is 0 Å². The van der Waals surface area contributed by atoms with Gasteiger partial charge in [0.25, 0.3) is 0 Å². The summed E-state index contributed by atoms with van der Waals surface area (Å²) in [5.74, 6) is 0. The van der Waals surface area contributed by atoms with Crippen LogP contribution in [0.25, 0.3) is 0 Å². The molecule has 3 nitrogen and oxygen atoms in total. The van der Waals surface area contributed by atoms with Crippen molar-refractivity contribution in [1.82, 2.24) is 15.1 Å². The summed E-state index contributed by atoms with van der Waals surface area (Å²) in [5.41, 5.74) is 1.30. The predicted octanol–water partition coefficient (Wildman–Crippen LogP) is 2.17. The van der Waals surface area contributed by atoms with Crippen molar-refractivity contribution in [3.63, 3.8) is 0 Å². The summed E-state index contributed by atoms with van der Waals surface area (Å²) >= 11 is 5.39. The van der Waals surface area contributed by atoms with Crippen molar-refractivity contribution in [1.29, 1.82) is 0 Å². The lowest BCUT2D eigenvalue weighted by atomic mass is 10.1. The van der Waals surface area contributed by atoms with Gasteiger partial charge in [0.15, 0.2) is 5.11 Å². The first-order valence-electron chi connectivity index (χ1n) is 6.04. The highest BCUT2D eigenvalue weighted by molar-refractivity contribution is 7.80. The number of rotatable bonds is 3. The second-order valence-electron chi connectivity index (χ2n) is 4.32. The van der Waals surface area contributed by atoms with Crippen LogP contribution >= 0.6 is 12.2 Å². The highest BCUT2D eigenvalue weighted by Gasteiger charge is 2.24. The van der Waals surface area contributed by atoms with E-state index in [1.54, 1.807) is 0 Å². The Morgan fingerprint density at radius 3 is 2.71 bits per heavy atom. The number of thiocarbonyl (C=S) groups is 1. The zero-order chi connectivity index (χ0) is 12.3. The molecule has 0 saturated carbocycles. The highest BCUT2D eigenvalue weighted by Crippen LogP contribution is 2.21. The lowest BCUT2D eigenvalue weighted by Crippen LogP contribution is -2.56. The van der Waals surface area contributed by atoms with Crippen LogP contribution in [-0.2, 0) is 0 Å². The van der Waals surface area contributed by atoms with Crippen molar-refractivity contribution in [3.8, 4) is 0 Å². The summed E-state index contributed by atoms with van der Waals surface area (Å²) < 4.78 is 0. The molecule has 0 spiro atoms. The summed E-state index contributed by atoms with van der Waals surface area (Å²) in [4.78, 5) is 4.56. The quantitative estimate of drug-likeness (QED) is 0.827. The van der Waals surface area contributed by atoms with E-state index in [1.165, 1.54) is 5.56 Å². The highest BCUT2D eigenvalue weighted by atomic mass is 32.1. The number of benzene rings is 1. The molecule has 1 aliphatic rings. The van der Waals surface area contributed by atoms with Crippen molar-refractivity contribution in [3.05, 3.63) is 35.9 Å². The van der Waals surface area contributed by atoms with Crippen LogP contribution in [0.3, 0.4) is 0 Å². The van der Waals surface area contributed by atoms with Gasteiger partial charge in [0.1, 0.15) is 0 Å². The molecule has 1 heterocycles. The third-order valence-electron chi connectivity index (χ3n) is 3.26. The smallest absolute Gasteiger partial charge is 0.171 e. The summed E-state index contributed by atoms with van der Waals surface area (Å²) in [6, 6.07) is 10.8. The van der Waals surface area contributed by atoms with Gasteiger partial charge in [0, 0.05) is 0 Å². The van der Waals surface area contributed by atoms with Gasteiger partial charge in [-0.3, -0.25) is 4.90 Å². The van der Waals surface area contributed by atoms with Gasteiger partial charge in [-0.1, -0.05) is 37.3 Å². The van der Waals surface area contributed by atoms with E-state index >= 15 is 0 Å². The molecule has 0 aromatic heterocycles. The first-order valence-corrected chi connectivity index (χ1v) is 6.45. The SMILES string of the molecule is CCN1CNC(=S)N([C@H](C)c2ccccc2)C1. The lowest BCUT2D eigenvalue weighted by Gasteiger charge is -2.41. The van der Waals surface area contributed by atoms with Gasteiger partial charge in [-0.05, 0) is 31.2 Å². The van der Waals surface area contributed by atoms with Gasteiger partial charge in [-0.15, -0.1) is 0 Å². The van der Waals surface area contributed by atoms with Crippen LogP contribution in [-0.4, -0.2) is 34.8 Å². The molecular weight excluding hydrogens is 230 g/mol. The Hall–Kier alpha value is -1.13. The Bertz CT molecular complexity index is 380. The molecule has 4 heteroatoms. The van der Waals surface area contributed by atoms with Gasteiger partial charge in [0.2, 0.25) is 0 Å². The van der Waals surface area contributed by atoms with Gasteiger partial charge in [-0.25, -0.2) is 0 Å². The van der Waals surface area contributed by atoms with E-state index in [9.17, 15) is 0 Å². The molecule has 1 aliphatic heterocycles. The molecule has 1 saturated heterocycles. The molecule has 1 atom stereocenters. The molecular formula is C13H19N3S. The number of hydrogen-bond acceptors (Lipinski definition) is 2. The Balaban J connectivity index is 2.12. The van der Waals surface area contributed by atoms with E-state index < -0.39 is 0 Å². The Labute approximate surface area is 108 Å². The van der Waals surface area contributed by atoms with E-state index in [0.717, 1.165) is 25.0 Å². The lowest BCUT2D eigenvalue weighted by molar-refractivity contribution is 0.134. The number of nitrogens with one attached hydrogen (secondary N) is 1. The molecule has 17 heavy (non-hydrogen) atoms. The number of nitrogens with zero attached hydrogens (tertiary/aromatic N) is 2. The van der Waals surface area contributed by atoms with E-state index in [2.05, 4.69) is 53.2 Å². The zero-order valence-corrected chi connectivity index (χ0v) is 11.2. The van der Waals surface area contributed by atoms with Gasteiger partial charge >= 0.3 is 0 Å². The predicted molar refractivity (Wildman–Crippen MR) is 74.5 cm³/mol. The topological polar surface area (TPSA) is 18.5 Å². The Kier molecular flexibility index (Phi) is 3.97. The van der Waals surface area contributed by atoms with Crippen LogP contribution in [0.15, 0.2) is 30.3 Å². The monoisotopic (exact) mass is 249 g/mol. The van der Waals surface area contributed by atoms with Gasteiger partial charge in [0.05, 0.1) is 19.4 Å². The van der Waals surface area contributed by atoms with Crippen molar-refractivity contribution in [2.24, 2.45) is 0 Å². The molecule has 0 unspecified atom stereocenters. The first-order chi connectivity index (χ1) is 8.22. The second kappa shape index (κ2) is 5.47. The van der Waals surface area contributed by atoms with Crippen molar-refractivity contribution in [2.75, 3.05) is 19.9 Å². The average molecular weight is 249 g/mol. The maximum Gasteiger partial charge on any atom is 0.171 e. The van der Waals surface area contributed by atoms with Crippen molar-refractivity contribution >= 4 is 17.3 Å².